The van der Waals surface area contributed by atoms with E-state index in [1.807, 2.05) is 73.8 Å². The minimum Gasteiger partial charge on any atom is -0.410 e. The molecular weight excluding hydrogens is 402 g/mol. The molecule has 6 heteroatoms. The third-order valence-electron chi connectivity index (χ3n) is 5.32. The van der Waals surface area contributed by atoms with Crippen LogP contribution >= 0.6 is 0 Å². The van der Waals surface area contributed by atoms with Crippen molar-refractivity contribution in [1.82, 2.24) is 15.6 Å². The molecule has 0 aliphatic rings. The largest absolute Gasteiger partial charge is 0.413 e. The molecule has 0 saturated carbocycles. The average molecular weight is 428 g/mol. The minimum atomic E-state index is -0.809. The predicted octanol–water partition coefficient (Wildman–Crippen LogP) is 4.75. The fraction of sp³-hybridized carbons (Fsp3) is 0.154. The van der Waals surface area contributed by atoms with Crippen LogP contribution in [0.25, 0.3) is 10.9 Å². The first-order valence-corrected chi connectivity index (χ1v) is 10.5. The summed E-state index contributed by atoms with van der Waals surface area (Å²) in [5.41, 5.74) is 2.90. The van der Waals surface area contributed by atoms with E-state index in [9.17, 15) is 9.59 Å². The third-order valence-corrected chi connectivity index (χ3v) is 5.32. The number of benzene rings is 3. The van der Waals surface area contributed by atoms with Gasteiger partial charge in [-0.25, -0.2) is 4.79 Å². The molecule has 4 aromatic rings. The number of carbonyl (C=O) groups excluding carboxylic acids is 2. The summed E-state index contributed by atoms with van der Waals surface area (Å²) in [6.07, 6.45) is 1.51. The molecule has 0 saturated heterocycles. The topological polar surface area (TPSA) is 83.2 Å². The molecule has 0 bridgehead atoms. The van der Waals surface area contributed by atoms with Gasteiger partial charge in [0.1, 0.15) is 11.8 Å². The van der Waals surface area contributed by atoms with Crippen LogP contribution in [0.4, 0.5) is 4.79 Å². The number of hydrogen-bond acceptors (Lipinski definition) is 3. The SMILES string of the molecule is CC(NC(=O)[C@H](Cc1c[nH]c2ccccc12)NC(=O)Oc1ccccc1)c1ccccc1. The van der Waals surface area contributed by atoms with Gasteiger partial charge in [-0.05, 0) is 36.2 Å². The van der Waals surface area contributed by atoms with Crippen molar-refractivity contribution in [2.24, 2.45) is 0 Å². The Morgan fingerprint density at radius 3 is 2.28 bits per heavy atom. The Hall–Kier alpha value is -4.06. The van der Waals surface area contributed by atoms with Gasteiger partial charge in [0.15, 0.2) is 0 Å². The first kappa shape index (κ1) is 21.2. The lowest BCUT2D eigenvalue weighted by Crippen LogP contribution is -2.49. The molecule has 162 valence electrons. The molecule has 1 aromatic heterocycles. The summed E-state index contributed by atoms with van der Waals surface area (Å²) in [6.45, 7) is 1.91. The van der Waals surface area contributed by atoms with Gasteiger partial charge in [-0.3, -0.25) is 4.79 Å². The summed E-state index contributed by atoms with van der Waals surface area (Å²) in [5, 5.41) is 6.76. The lowest BCUT2D eigenvalue weighted by molar-refractivity contribution is -0.123. The smallest absolute Gasteiger partial charge is 0.410 e. The van der Waals surface area contributed by atoms with E-state index >= 15 is 0 Å². The van der Waals surface area contributed by atoms with Crippen molar-refractivity contribution in [2.45, 2.75) is 25.4 Å². The Balaban J connectivity index is 1.52. The lowest BCUT2D eigenvalue weighted by Gasteiger charge is -2.21. The number of carbonyl (C=O) groups is 2. The maximum Gasteiger partial charge on any atom is 0.413 e. The van der Waals surface area contributed by atoms with Crippen molar-refractivity contribution in [2.75, 3.05) is 0 Å². The first-order chi connectivity index (χ1) is 15.6. The van der Waals surface area contributed by atoms with Crippen LogP contribution in [0.1, 0.15) is 24.1 Å². The highest BCUT2D eigenvalue weighted by molar-refractivity contribution is 5.88. The van der Waals surface area contributed by atoms with Gasteiger partial charge in [-0.2, -0.15) is 0 Å². The van der Waals surface area contributed by atoms with Crippen LogP contribution in [0.15, 0.2) is 91.1 Å². The van der Waals surface area contributed by atoms with Gasteiger partial charge >= 0.3 is 6.09 Å². The molecule has 2 amide bonds. The molecule has 0 aliphatic heterocycles. The van der Waals surface area contributed by atoms with Gasteiger partial charge < -0.3 is 20.4 Å². The molecule has 3 N–H and O–H groups in total. The van der Waals surface area contributed by atoms with Crippen molar-refractivity contribution >= 4 is 22.9 Å². The number of aromatic nitrogens is 1. The fourth-order valence-electron chi connectivity index (χ4n) is 3.64. The highest BCUT2D eigenvalue weighted by atomic mass is 16.6. The second-order valence-corrected chi connectivity index (χ2v) is 7.60. The van der Waals surface area contributed by atoms with Crippen molar-refractivity contribution < 1.29 is 14.3 Å². The highest BCUT2D eigenvalue weighted by Crippen LogP contribution is 2.20. The van der Waals surface area contributed by atoms with E-state index in [1.165, 1.54) is 0 Å². The Labute approximate surface area is 186 Å². The maximum atomic E-state index is 13.2. The molecule has 32 heavy (non-hydrogen) atoms. The van der Waals surface area contributed by atoms with Crippen molar-refractivity contribution in [3.05, 3.63) is 102 Å². The number of hydrogen-bond donors (Lipinski definition) is 3. The van der Waals surface area contributed by atoms with E-state index < -0.39 is 12.1 Å². The van der Waals surface area contributed by atoms with E-state index in [1.54, 1.807) is 24.3 Å². The van der Waals surface area contributed by atoms with Crippen LogP contribution in [0, 0.1) is 0 Å². The first-order valence-electron chi connectivity index (χ1n) is 10.5. The Bertz CT molecular complexity index is 1190. The van der Waals surface area contributed by atoms with Gasteiger partial charge in [0.05, 0.1) is 6.04 Å². The van der Waals surface area contributed by atoms with Crippen molar-refractivity contribution in [3.63, 3.8) is 0 Å². The van der Waals surface area contributed by atoms with E-state index in [4.69, 9.17) is 4.74 Å². The number of nitrogens with one attached hydrogen (secondary N) is 3. The fourth-order valence-corrected chi connectivity index (χ4v) is 3.64. The van der Waals surface area contributed by atoms with Gasteiger partial charge in [-0.15, -0.1) is 0 Å². The van der Waals surface area contributed by atoms with Crippen LogP contribution in [0.5, 0.6) is 5.75 Å². The zero-order chi connectivity index (χ0) is 22.3. The van der Waals surface area contributed by atoms with E-state index in [0.29, 0.717) is 12.2 Å². The van der Waals surface area contributed by atoms with Gasteiger partial charge in [0.2, 0.25) is 5.91 Å². The quantitative estimate of drug-likeness (QED) is 0.398. The summed E-state index contributed by atoms with van der Waals surface area (Å²) in [6, 6.07) is 25.3. The molecule has 0 aliphatic carbocycles. The molecule has 3 aromatic carbocycles. The molecular formula is C26H25N3O3. The average Bonchev–Trinajstić information content (AvgIpc) is 3.22. The van der Waals surface area contributed by atoms with Gasteiger partial charge in [0.25, 0.3) is 0 Å². The Morgan fingerprint density at radius 1 is 0.875 bits per heavy atom. The number of fused-ring (bicyclic) bond motifs is 1. The monoisotopic (exact) mass is 427 g/mol. The summed E-state index contributed by atoms with van der Waals surface area (Å²) in [5.74, 6) is 0.130. The lowest BCUT2D eigenvalue weighted by atomic mass is 10.0. The maximum absolute atomic E-state index is 13.2. The molecule has 1 heterocycles. The second-order valence-electron chi connectivity index (χ2n) is 7.60. The Kier molecular flexibility index (Phi) is 6.51. The molecule has 2 atom stereocenters. The number of rotatable bonds is 7. The molecule has 0 spiro atoms. The molecule has 0 radical (unpaired) electrons. The van der Waals surface area contributed by atoms with Crippen LogP contribution < -0.4 is 15.4 Å². The van der Waals surface area contributed by atoms with Crippen LogP contribution in [-0.2, 0) is 11.2 Å². The molecule has 6 nitrogen and oxygen atoms in total. The number of ether oxygens (including phenoxy) is 1. The van der Waals surface area contributed by atoms with E-state index in [0.717, 1.165) is 22.0 Å². The zero-order valence-electron chi connectivity index (χ0n) is 17.7. The summed E-state index contributed by atoms with van der Waals surface area (Å²) < 4.78 is 5.35. The van der Waals surface area contributed by atoms with Crippen LogP contribution in [0.3, 0.4) is 0 Å². The second kappa shape index (κ2) is 9.83. The summed E-state index contributed by atoms with van der Waals surface area (Å²) in [7, 11) is 0. The summed E-state index contributed by atoms with van der Waals surface area (Å²) in [4.78, 5) is 29.0. The third kappa shape index (κ3) is 5.16. The minimum absolute atomic E-state index is 0.207. The number of amides is 2. The predicted molar refractivity (Wildman–Crippen MR) is 124 cm³/mol. The number of para-hydroxylation sites is 2. The van der Waals surface area contributed by atoms with Crippen molar-refractivity contribution in [1.29, 1.82) is 0 Å². The van der Waals surface area contributed by atoms with Crippen LogP contribution in [0.2, 0.25) is 0 Å². The van der Waals surface area contributed by atoms with Crippen LogP contribution in [-0.4, -0.2) is 23.0 Å². The molecule has 0 fully saturated rings. The van der Waals surface area contributed by atoms with Gasteiger partial charge in [0, 0.05) is 23.5 Å². The summed E-state index contributed by atoms with van der Waals surface area (Å²) >= 11 is 0. The number of H-pyrrole nitrogens is 1. The van der Waals surface area contributed by atoms with Gasteiger partial charge in [-0.1, -0.05) is 66.7 Å². The van der Waals surface area contributed by atoms with E-state index in [2.05, 4.69) is 15.6 Å². The highest BCUT2D eigenvalue weighted by Gasteiger charge is 2.25. The zero-order valence-corrected chi connectivity index (χ0v) is 17.7. The normalized spacial score (nSPS) is 12.7. The molecule has 1 unspecified atom stereocenters. The Morgan fingerprint density at radius 2 is 1.53 bits per heavy atom. The van der Waals surface area contributed by atoms with Crippen molar-refractivity contribution in [3.8, 4) is 5.75 Å². The molecule has 4 rings (SSSR count). The standard InChI is InChI=1S/C26H25N3O3/c1-18(19-10-4-2-5-11-19)28-25(30)24(29-26(31)32-21-12-6-3-7-13-21)16-20-17-27-23-15-9-8-14-22(20)23/h2-15,17-18,24,27H,16H2,1H3,(H,28,30)(H,29,31)/t18?,24-/m0/s1. The van der Waals surface area contributed by atoms with E-state index in [-0.39, 0.29) is 11.9 Å². The number of aromatic amines is 1.